The molecular weight excluding hydrogens is 367 g/mol. The van der Waals surface area contributed by atoms with E-state index in [1.807, 2.05) is 6.92 Å². The van der Waals surface area contributed by atoms with Crippen molar-refractivity contribution in [3.8, 4) is 0 Å². The molecule has 0 spiro atoms. The van der Waals surface area contributed by atoms with E-state index in [4.69, 9.17) is 4.55 Å². The summed E-state index contributed by atoms with van der Waals surface area (Å²) in [6.45, 7) is 11.4. The van der Waals surface area contributed by atoms with Crippen LogP contribution in [0.2, 0.25) is 0 Å². The highest BCUT2D eigenvalue weighted by Gasteiger charge is 2.34. The van der Waals surface area contributed by atoms with E-state index in [2.05, 4.69) is 31.9 Å². The van der Waals surface area contributed by atoms with Gasteiger partial charge in [-0.3, -0.25) is 4.55 Å². The van der Waals surface area contributed by atoms with Crippen molar-refractivity contribution in [2.75, 3.05) is 31.3 Å². The lowest BCUT2D eigenvalue weighted by Crippen LogP contribution is -2.12. The van der Waals surface area contributed by atoms with Crippen molar-refractivity contribution in [3.63, 3.8) is 0 Å². The maximum Gasteiger partial charge on any atom is 0.397 e. The summed E-state index contributed by atoms with van der Waals surface area (Å²) >= 11 is 0. The normalized spacial score (nSPS) is 11.9. The second-order valence-corrected chi connectivity index (χ2v) is 12.8. The highest BCUT2D eigenvalue weighted by Crippen LogP contribution is 2.61. The zero-order chi connectivity index (χ0) is 20.3. The molecule has 1 N–H and O–H groups in total. The maximum atomic E-state index is 9.84. The van der Waals surface area contributed by atoms with Crippen LogP contribution in [-0.2, 0) is 14.6 Å². The summed E-state index contributed by atoms with van der Waals surface area (Å²) in [5, 5.41) is 0. The first-order valence-corrected chi connectivity index (χ1v) is 14.7. The lowest BCUT2D eigenvalue weighted by Gasteiger charge is -2.28. The van der Waals surface area contributed by atoms with Crippen LogP contribution in [0.1, 0.15) is 98.8 Å². The minimum absolute atomic E-state index is 0.0648. The summed E-state index contributed by atoms with van der Waals surface area (Å²) in [7, 11) is -4.76. The van der Waals surface area contributed by atoms with Crippen molar-refractivity contribution in [2.24, 2.45) is 0 Å². The molecule has 0 aromatic rings. The highest BCUT2D eigenvalue weighted by atomic mass is 32.3. The Balaban J connectivity index is 0. The Labute approximate surface area is 165 Å². The SMILES string of the molecule is CCCCOS(=O)(=O)O.CCCC[P+](CCCC)(CCCC)CCCC. The summed E-state index contributed by atoms with van der Waals surface area (Å²) < 4.78 is 31.7. The van der Waals surface area contributed by atoms with E-state index in [9.17, 15) is 8.42 Å². The average molecular weight is 414 g/mol. The van der Waals surface area contributed by atoms with Gasteiger partial charge in [0.1, 0.15) is 0 Å². The molecule has 0 aliphatic rings. The molecule has 0 aliphatic carbocycles. The van der Waals surface area contributed by atoms with Crippen LogP contribution in [0.25, 0.3) is 0 Å². The van der Waals surface area contributed by atoms with Crippen molar-refractivity contribution in [3.05, 3.63) is 0 Å². The average Bonchev–Trinajstić information content (AvgIpc) is 2.60. The van der Waals surface area contributed by atoms with Gasteiger partial charge in [0.15, 0.2) is 0 Å². The summed E-state index contributed by atoms with van der Waals surface area (Å²) in [6.07, 6.45) is 19.4. The van der Waals surface area contributed by atoms with Gasteiger partial charge in [0.2, 0.25) is 0 Å². The molecule has 0 saturated heterocycles. The smallest absolute Gasteiger partial charge is 0.264 e. The summed E-state index contributed by atoms with van der Waals surface area (Å²) in [6, 6.07) is 0. The van der Waals surface area contributed by atoms with Gasteiger partial charge in [-0.2, -0.15) is 8.42 Å². The second kappa shape index (κ2) is 18.7. The van der Waals surface area contributed by atoms with Crippen molar-refractivity contribution in [1.82, 2.24) is 0 Å². The Morgan fingerprint density at radius 2 is 0.962 bits per heavy atom. The molecule has 0 aliphatic heterocycles. The number of unbranched alkanes of at least 4 members (excludes halogenated alkanes) is 5. The molecule has 6 heteroatoms. The van der Waals surface area contributed by atoms with Gasteiger partial charge in [-0.25, -0.2) is 4.18 Å². The predicted octanol–water partition coefficient (Wildman–Crippen LogP) is 6.81. The first-order chi connectivity index (χ1) is 12.3. The number of rotatable bonds is 16. The molecule has 0 fully saturated rings. The van der Waals surface area contributed by atoms with Crippen LogP contribution < -0.4 is 0 Å². The van der Waals surface area contributed by atoms with Gasteiger partial charge in [0, 0.05) is 7.26 Å². The molecule has 0 aromatic heterocycles. The number of hydrogen-bond acceptors (Lipinski definition) is 3. The Bertz CT molecular complexity index is 348. The topological polar surface area (TPSA) is 63.6 Å². The minimum Gasteiger partial charge on any atom is -0.264 e. The maximum absolute atomic E-state index is 9.84. The van der Waals surface area contributed by atoms with Gasteiger partial charge in [-0.1, -0.05) is 66.7 Å². The fraction of sp³-hybridized carbons (Fsp3) is 1.00. The van der Waals surface area contributed by atoms with E-state index in [0.29, 0.717) is 6.42 Å². The predicted molar refractivity (Wildman–Crippen MR) is 118 cm³/mol. The van der Waals surface area contributed by atoms with Crippen LogP contribution in [-0.4, -0.2) is 44.2 Å². The third-order valence-corrected chi connectivity index (χ3v) is 10.2. The Morgan fingerprint density at radius 3 is 1.19 bits per heavy atom. The first-order valence-electron chi connectivity index (χ1n) is 10.8. The number of hydrogen-bond donors (Lipinski definition) is 1. The van der Waals surface area contributed by atoms with Crippen LogP contribution in [0.3, 0.4) is 0 Å². The zero-order valence-electron chi connectivity index (χ0n) is 18.1. The van der Waals surface area contributed by atoms with E-state index in [1.165, 1.54) is 51.4 Å². The van der Waals surface area contributed by atoms with Crippen LogP contribution >= 0.6 is 7.26 Å². The van der Waals surface area contributed by atoms with Crippen molar-refractivity contribution in [1.29, 1.82) is 0 Å². The van der Waals surface area contributed by atoms with Gasteiger partial charge in [-0.05, 0) is 32.1 Å². The van der Waals surface area contributed by atoms with Crippen LogP contribution in [0.5, 0.6) is 0 Å². The molecule has 0 atom stereocenters. The molecular formula is C20H46O4PS+. The Morgan fingerprint density at radius 1 is 0.654 bits per heavy atom. The summed E-state index contributed by atoms with van der Waals surface area (Å²) in [5.41, 5.74) is 0. The lowest BCUT2D eigenvalue weighted by atomic mass is 10.4. The van der Waals surface area contributed by atoms with Gasteiger partial charge in [-0.15, -0.1) is 0 Å². The second-order valence-electron chi connectivity index (χ2n) is 7.25. The molecule has 0 rings (SSSR count). The molecule has 0 heterocycles. The van der Waals surface area contributed by atoms with Crippen LogP contribution in [0.15, 0.2) is 0 Å². The van der Waals surface area contributed by atoms with Gasteiger partial charge in [0.05, 0.1) is 31.3 Å². The molecule has 0 saturated carbocycles. The van der Waals surface area contributed by atoms with Gasteiger partial charge >= 0.3 is 10.4 Å². The van der Waals surface area contributed by atoms with E-state index < -0.39 is 17.7 Å². The third kappa shape index (κ3) is 19.1. The van der Waals surface area contributed by atoms with Gasteiger partial charge in [0.25, 0.3) is 0 Å². The third-order valence-electron chi connectivity index (χ3n) is 4.67. The molecule has 26 heavy (non-hydrogen) atoms. The van der Waals surface area contributed by atoms with Crippen molar-refractivity contribution in [2.45, 2.75) is 98.8 Å². The molecule has 0 radical (unpaired) electrons. The molecule has 160 valence electrons. The summed E-state index contributed by atoms with van der Waals surface area (Å²) in [4.78, 5) is 0. The molecule has 0 unspecified atom stereocenters. The first kappa shape index (κ1) is 28.5. The quantitative estimate of drug-likeness (QED) is 0.171. The van der Waals surface area contributed by atoms with E-state index in [-0.39, 0.29) is 6.61 Å². The lowest BCUT2D eigenvalue weighted by molar-refractivity contribution is 0.264. The van der Waals surface area contributed by atoms with E-state index in [1.54, 1.807) is 24.6 Å². The van der Waals surface area contributed by atoms with E-state index in [0.717, 1.165) is 6.42 Å². The fourth-order valence-electron chi connectivity index (χ4n) is 2.95. The largest absolute Gasteiger partial charge is 0.397 e. The summed E-state index contributed by atoms with van der Waals surface area (Å²) in [5.74, 6) is 0. The zero-order valence-corrected chi connectivity index (χ0v) is 19.8. The Hall–Kier alpha value is 0.300. The van der Waals surface area contributed by atoms with Crippen LogP contribution in [0.4, 0.5) is 0 Å². The molecule has 0 aromatic carbocycles. The van der Waals surface area contributed by atoms with Gasteiger partial charge < -0.3 is 0 Å². The van der Waals surface area contributed by atoms with Crippen molar-refractivity contribution >= 4 is 17.7 Å². The van der Waals surface area contributed by atoms with E-state index >= 15 is 0 Å². The minimum atomic E-state index is -4.20. The van der Waals surface area contributed by atoms with Crippen LogP contribution in [0, 0.1) is 0 Å². The highest BCUT2D eigenvalue weighted by molar-refractivity contribution is 7.80. The molecule has 0 bridgehead atoms. The standard InChI is InChI=1S/C16H36P.C4H10O4S/c1-5-9-13-17(14-10-6-2,15-11-7-3)16-12-8-4;1-2-3-4-8-9(5,6)7/h5-16H2,1-4H3;2-4H2,1H3,(H,5,6,7)/q+1;. The molecule has 4 nitrogen and oxygen atoms in total. The van der Waals surface area contributed by atoms with Crippen molar-refractivity contribution < 1.29 is 17.2 Å². The monoisotopic (exact) mass is 413 g/mol. The molecule has 0 amide bonds. The fourth-order valence-corrected chi connectivity index (χ4v) is 8.57. The Kier molecular flexibility index (Phi) is 20.5.